The summed E-state index contributed by atoms with van der Waals surface area (Å²) < 4.78 is 31.6. The van der Waals surface area contributed by atoms with Crippen LogP contribution in [0.2, 0.25) is 0 Å². The van der Waals surface area contributed by atoms with Gasteiger partial charge in [-0.25, -0.2) is 8.42 Å². The van der Waals surface area contributed by atoms with Gasteiger partial charge < -0.3 is 4.74 Å². The molecule has 0 bridgehead atoms. The molecule has 0 N–H and O–H groups in total. The highest BCUT2D eigenvalue weighted by molar-refractivity contribution is 7.92. The molecular weight excluding hydrogens is 274 g/mol. The van der Waals surface area contributed by atoms with E-state index in [0.717, 1.165) is 36.3 Å². The van der Waals surface area contributed by atoms with Gasteiger partial charge in [0.25, 0.3) is 0 Å². The van der Waals surface area contributed by atoms with E-state index in [2.05, 4.69) is 0 Å². The van der Waals surface area contributed by atoms with Crippen LogP contribution in [0, 0.1) is 13.8 Å². The number of benzene rings is 1. The van der Waals surface area contributed by atoms with Crippen molar-refractivity contribution >= 4 is 15.7 Å². The minimum Gasteiger partial charge on any atom is -0.378 e. The SMILES string of the molecule is Cc1cc(C)cc(N(C)S(=O)(=O)CC[C@H]2CCCO2)c1. The lowest BCUT2D eigenvalue weighted by Gasteiger charge is -2.21. The molecule has 1 aromatic rings. The van der Waals surface area contributed by atoms with E-state index >= 15 is 0 Å². The molecule has 0 radical (unpaired) electrons. The predicted octanol–water partition coefficient (Wildman–Crippen LogP) is 2.64. The number of hydrogen-bond acceptors (Lipinski definition) is 3. The van der Waals surface area contributed by atoms with Crippen molar-refractivity contribution in [2.75, 3.05) is 23.7 Å². The van der Waals surface area contributed by atoms with Gasteiger partial charge in [0.2, 0.25) is 10.0 Å². The van der Waals surface area contributed by atoms with Gasteiger partial charge in [0.1, 0.15) is 0 Å². The first kappa shape index (κ1) is 15.3. The van der Waals surface area contributed by atoms with Gasteiger partial charge in [0.05, 0.1) is 17.5 Å². The second-order valence-corrected chi connectivity index (χ2v) is 7.67. The number of ether oxygens (including phenoxy) is 1. The van der Waals surface area contributed by atoms with Crippen LogP contribution >= 0.6 is 0 Å². The molecule has 1 heterocycles. The van der Waals surface area contributed by atoms with Crippen molar-refractivity contribution in [3.05, 3.63) is 29.3 Å². The van der Waals surface area contributed by atoms with Gasteiger partial charge in [-0.3, -0.25) is 4.31 Å². The van der Waals surface area contributed by atoms with E-state index in [1.165, 1.54) is 4.31 Å². The summed E-state index contributed by atoms with van der Waals surface area (Å²) in [6.07, 6.45) is 2.70. The molecule has 20 heavy (non-hydrogen) atoms. The van der Waals surface area contributed by atoms with E-state index in [0.29, 0.717) is 6.42 Å². The maximum Gasteiger partial charge on any atom is 0.234 e. The molecule has 1 aromatic carbocycles. The molecule has 1 fully saturated rings. The lowest BCUT2D eigenvalue weighted by Crippen LogP contribution is -2.30. The van der Waals surface area contributed by atoms with E-state index in [4.69, 9.17) is 4.74 Å². The van der Waals surface area contributed by atoms with E-state index in [1.54, 1.807) is 7.05 Å². The van der Waals surface area contributed by atoms with Crippen molar-refractivity contribution in [2.45, 2.75) is 39.2 Å². The van der Waals surface area contributed by atoms with E-state index in [9.17, 15) is 8.42 Å². The predicted molar refractivity (Wildman–Crippen MR) is 81.7 cm³/mol. The van der Waals surface area contributed by atoms with Gasteiger partial charge in [0.15, 0.2) is 0 Å². The van der Waals surface area contributed by atoms with Crippen molar-refractivity contribution < 1.29 is 13.2 Å². The molecule has 0 unspecified atom stereocenters. The van der Waals surface area contributed by atoms with Gasteiger partial charge in [-0.2, -0.15) is 0 Å². The average molecular weight is 297 g/mol. The highest BCUT2D eigenvalue weighted by atomic mass is 32.2. The lowest BCUT2D eigenvalue weighted by atomic mass is 10.1. The third-order valence-corrected chi connectivity index (χ3v) is 5.51. The quantitative estimate of drug-likeness (QED) is 0.839. The Morgan fingerprint density at radius 1 is 1.25 bits per heavy atom. The second-order valence-electron chi connectivity index (χ2n) is 5.55. The van der Waals surface area contributed by atoms with Crippen LogP contribution in [0.25, 0.3) is 0 Å². The number of sulfonamides is 1. The fourth-order valence-electron chi connectivity index (χ4n) is 2.58. The topological polar surface area (TPSA) is 46.6 Å². The maximum absolute atomic E-state index is 12.4. The average Bonchev–Trinajstić information content (AvgIpc) is 2.87. The van der Waals surface area contributed by atoms with Crippen molar-refractivity contribution in [1.29, 1.82) is 0 Å². The molecule has 1 aliphatic rings. The standard InChI is InChI=1S/C15H23NO3S/c1-12-9-13(2)11-14(10-12)16(3)20(17,18)8-6-15-5-4-7-19-15/h9-11,15H,4-8H2,1-3H3/t15-/m1/s1. The zero-order chi connectivity index (χ0) is 14.8. The first-order chi connectivity index (χ1) is 9.38. The number of anilines is 1. The highest BCUT2D eigenvalue weighted by Crippen LogP contribution is 2.22. The van der Waals surface area contributed by atoms with Crippen LogP contribution in [0.4, 0.5) is 5.69 Å². The molecular formula is C15H23NO3S. The van der Waals surface area contributed by atoms with Crippen molar-refractivity contribution in [1.82, 2.24) is 0 Å². The normalized spacial score (nSPS) is 19.2. The van der Waals surface area contributed by atoms with Crippen LogP contribution in [0.1, 0.15) is 30.4 Å². The fourth-order valence-corrected chi connectivity index (χ4v) is 3.84. The van der Waals surface area contributed by atoms with E-state index in [1.807, 2.05) is 32.0 Å². The maximum atomic E-state index is 12.4. The Bertz CT molecular complexity index is 542. The Labute approximate surface area is 121 Å². The monoisotopic (exact) mass is 297 g/mol. The third kappa shape index (κ3) is 3.73. The Kier molecular flexibility index (Phi) is 4.70. The second kappa shape index (κ2) is 6.14. The molecule has 112 valence electrons. The molecule has 1 atom stereocenters. The number of aryl methyl sites for hydroxylation is 2. The molecule has 0 aliphatic carbocycles. The first-order valence-corrected chi connectivity index (χ1v) is 8.66. The third-order valence-electron chi connectivity index (χ3n) is 3.71. The molecule has 2 rings (SSSR count). The van der Waals surface area contributed by atoms with Crippen LogP contribution < -0.4 is 4.31 Å². The fraction of sp³-hybridized carbons (Fsp3) is 0.600. The summed E-state index contributed by atoms with van der Waals surface area (Å²) in [4.78, 5) is 0. The zero-order valence-corrected chi connectivity index (χ0v) is 13.2. The summed E-state index contributed by atoms with van der Waals surface area (Å²) in [5, 5.41) is 0. The summed E-state index contributed by atoms with van der Waals surface area (Å²) in [7, 11) is -1.66. The van der Waals surface area contributed by atoms with Crippen molar-refractivity contribution in [3.8, 4) is 0 Å². The van der Waals surface area contributed by atoms with Gasteiger partial charge in [-0.1, -0.05) is 6.07 Å². The molecule has 0 spiro atoms. The first-order valence-electron chi connectivity index (χ1n) is 7.05. The van der Waals surface area contributed by atoms with Gasteiger partial charge in [-0.05, 0) is 56.4 Å². The van der Waals surface area contributed by atoms with E-state index in [-0.39, 0.29) is 11.9 Å². The molecule has 0 aromatic heterocycles. The van der Waals surface area contributed by atoms with Crippen LogP contribution in [0.5, 0.6) is 0 Å². The van der Waals surface area contributed by atoms with Crippen LogP contribution in [-0.2, 0) is 14.8 Å². The Balaban J connectivity index is 2.07. The summed E-state index contributed by atoms with van der Waals surface area (Å²) in [5.74, 6) is 0.140. The Morgan fingerprint density at radius 2 is 1.90 bits per heavy atom. The Hall–Kier alpha value is -1.07. The number of nitrogens with zero attached hydrogens (tertiary/aromatic N) is 1. The zero-order valence-electron chi connectivity index (χ0n) is 12.4. The van der Waals surface area contributed by atoms with Crippen LogP contribution in [0.3, 0.4) is 0 Å². The van der Waals surface area contributed by atoms with Gasteiger partial charge in [-0.15, -0.1) is 0 Å². The molecule has 0 saturated carbocycles. The molecule has 1 saturated heterocycles. The summed E-state index contributed by atoms with van der Waals surface area (Å²) in [6.45, 7) is 4.71. The minimum absolute atomic E-state index is 0.109. The molecule has 4 nitrogen and oxygen atoms in total. The largest absolute Gasteiger partial charge is 0.378 e. The molecule has 5 heteroatoms. The van der Waals surface area contributed by atoms with E-state index < -0.39 is 10.0 Å². The Morgan fingerprint density at radius 3 is 2.45 bits per heavy atom. The highest BCUT2D eigenvalue weighted by Gasteiger charge is 2.23. The number of hydrogen-bond donors (Lipinski definition) is 0. The number of rotatable bonds is 5. The summed E-state index contributed by atoms with van der Waals surface area (Å²) in [6, 6.07) is 5.84. The summed E-state index contributed by atoms with van der Waals surface area (Å²) >= 11 is 0. The van der Waals surface area contributed by atoms with Crippen LogP contribution in [0.15, 0.2) is 18.2 Å². The lowest BCUT2D eigenvalue weighted by molar-refractivity contribution is 0.109. The molecule has 1 aliphatic heterocycles. The van der Waals surface area contributed by atoms with Gasteiger partial charge in [0, 0.05) is 13.7 Å². The van der Waals surface area contributed by atoms with Gasteiger partial charge >= 0.3 is 0 Å². The van der Waals surface area contributed by atoms with Crippen molar-refractivity contribution in [2.24, 2.45) is 0 Å². The minimum atomic E-state index is -3.28. The molecule has 0 amide bonds. The van der Waals surface area contributed by atoms with Crippen molar-refractivity contribution in [3.63, 3.8) is 0 Å². The summed E-state index contributed by atoms with van der Waals surface area (Å²) in [5.41, 5.74) is 2.87. The smallest absolute Gasteiger partial charge is 0.234 e. The van der Waals surface area contributed by atoms with Crippen LogP contribution in [-0.4, -0.2) is 33.9 Å².